The Kier molecular flexibility index (Phi) is 5.21. The summed E-state index contributed by atoms with van der Waals surface area (Å²) >= 11 is 1.66. The van der Waals surface area contributed by atoms with Crippen LogP contribution >= 0.6 is 11.3 Å². The van der Waals surface area contributed by atoms with Gasteiger partial charge in [-0.2, -0.15) is 0 Å². The minimum absolute atomic E-state index is 0.514. The van der Waals surface area contributed by atoms with Crippen molar-refractivity contribution in [1.82, 2.24) is 4.98 Å². The third-order valence-electron chi connectivity index (χ3n) is 4.20. The van der Waals surface area contributed by atoms with Crippen LogP contribution in [0.25, 0.3) is 10.2 Å². The topological polar surface area (TPSA) is 43.4 Å². The maximum Gasteiger partial charge on any atom is 0.184 e. The molecule has 0 saturated carbocycles. The molecule has 5 heteroatoms. The molecule has 0 aliphatic carbocycles. The van der Waals surface area contributed by atoms with Gasteiger partial charge in [0, 0.05) is 6.54 Å². The lowest BCUT2D eigenvalue weighted by atomic mass is 10.2. The molecular formula is C22H20N2O2S. The molecule has 0 atom stereocenters. The van der Waals surface area contributed by atoms with Gasteiger partial charge >= 0.3 is 0 Å². The molecule has 1 heterocycles. The van der Waals surface area contributed by atoms with Gasteiger partial charge in [-0.15, -0.1) is 0 Å². The van der Waals surface area contributed by atoms with E-state index in [1.165, 1.54) is 4.70 Å². The molecule has 27 heavy (non-hydrogen) atoms. The number of nitrogens with one attached hydrogen (secondary N) is 1. The monoisotopic (exact) mass is 376 g/mol. The molecule has 0 unspecified atom stereocenters. The average Bonchev–Trinajstić information content (AvgIpc) is 3.15. The Morgan fingerprint density at radius 2 is 1.70 bits per heavy atom. The fraction of sp³-hybridized carbons (Fsp3) is 0.136. The first kappa shape index (κ1) is 17.4. The van der Waals surface area contributed by atoms with Crippen molar-refractivity contribution in [1.29, 1.82) is 0 Å². The molecule has 4 nitrogen and oxygen atoms in total. The summed E-state index contributed by atoms with van der Waals surface area (Å²) in [5, 5.41) is 4.31. The largest absolute Gasteiger partial charge is 0.493 e. The molecule has 4 aromatic rings. The molecule has 3 aromatic carbocycles. The van der Waals surface area contributed by atoms with Crippen molar-refractivity contribution in [2.75, 3.05) is 12.4 Å². The molecule has 4 rings (SSSR count). The fourth-order valence-corrected chi connectivity index (χ4v) is 3.66. The maximum atomic E-state index is 5.92. The summed E-state index contributed by atoms with van der Waals surface area (Å²) in [7, 11) is 1.66. The first-order valence-corrected chi connectivity index (χ1v) is 9.56. The zero-order valence-corrected chi connectivity index (χ0v) is 15.8. The number of aromatic nitrogens is 1. The summed E-state index contributed by atoms with van der Waals surface area (Å²) in [6, 6.07) is 24.2. The Hall–Kier alpha value is -3.05. The van der Waals surface area contributed by atoms with E-state index in [0.29, 0.717) is 13.2 Å². The number of thiazole rings is 1. The molecule has 1 N–H and O–H groups in total. The first-order valence-electron chi connectivity index (χ1n) is 8.75. The van der Waals surface area contributed by atoms with Gasteiger partial charge in [-0.05, 0) is 35.4 Å². The molecule has 0 fully saturated rings. The number of anilines is 1. The van der Waals surface area contributed by atoms with Crippen LogP contribution in [0.2, 0.25) is 0 Å². The lowest BCUT2D eigenvalue weighted by Crippen LogP contribution is -2.01. The number of para-hydroxylation sites is 1. The summed E-state index contributed by atoms with van der Waals surface area (Å²) in [5.41, 5.74) is 3.26. The highest BCUT2D eigenvalue weighted by Gasteiger charge is 2.08. The standard InChI is InChI=1S/C22H20N2O2S/c1-25-20-13-17(11-12-19(20)26-15-16-7-3-2-4-8-16)14-23-22-24-18-9-5-6-10-21(18)27-22/h2-13H,14-15H2,1H3,(H,23,24). The van der Waals surface area contributed by atoms with Gasteiger partial charge in [0.1, 0.15) is 6.61 Å². The van der Waals surface area contributed by atoms with Crippen molar-refractivity contribution in [3.63, 3.8) is 0 Å². The van der Waals surface area contributed by atoms with Crippen molar-refractivity contribution in [3.05, 3.63) is 83.9 Å². The molecule has 0 aliphatic heterocycles. The Morgan fingerprint density at radius 1 is 0.889 bits per heavy atom. The van der Waals surface area contributed by atoms with E-state index < -0.39 is 0 Å². The van der Waals surface area contributed by atoms with Gasteiger partial charge in [-0.25, -0.2) is 4.98 Å². The fourth-order valence-electron chi connectivity index (χ4n) is 2.80. The quantitative estimate of drug-likeness (QED) is 0.463. The Balaban J connectivity index is 1.42. The molecule has 0 bridgehead atoms. The number of nitrogens with zero attached hydrogens (tertiary/aromatic N) is 1. The van der Waals surface area contributed by atoms with Crippen molar-refractivity contribution in [2.24, 2.45) is 0 Å². The zero-order valence-electron chi connectivity index (χ0n) is 15.0. The molecule has 1 aromatic heterocycles. The number of hydrogen-bond donors (Lipinski definition) is 1. The van der Waals surface area contributed by atoms with Crippen molar-refractivity contribution < 1.29 is 9.47 Å². The predicted molar refractivity (Wildman–Crippen MR) is 111 cm³/mol. The number of hydrogen-bond acceptors (Lipinski definition) is 5. The SMILES string of the molecule is COc1cc(CNc2nc3ccccc3s2)ccc1OCc1ccccc1. The molecule has 0 amide bonds. The lowest BCUT2D eigenvalue weighted by Gasteiger charge is -2.12. The second-order valence-electron chi connectivity index (χ2n) is 6.10. The number of rotatable bonds is 7. The van der Waals surface area contributed by atoms with Crippen LogP contribution in [-0.4, -0.2) is 12.1 Å². The van der Waals surface area contributed by atoms with E-state index in [1.807, 2.05) is 66.7 Å². The first-order chi connectivity index (χ1) is 13.3. The Labute approximate surface area is 162 Å². The summed E-state index contributed by atoms with van der Waals surface area (Å²) in [6.07, 6.45) is 0. The Morgan fingerprint density at radius 3 is 2.52 bits per heavy atom. The van der Waals surface area contributed by atoms with Crippen LogP contribution in [-0.2, 0) is 13.2 Å². The van der Waals surface area contributed by atoms with Crippen molar-refractivity contribution in [3.8, 4) is 11.5 Å². The van der Waals surface area contributed by atoms with Crippen LogP contribution in [0.5, 0.6) is 11.5 Å². The van der Waals surface area contributed by atoms with E-state index >= 15 is 0 Å². The average molecular weight is 376 g/mol. The van der Waals surface area contributed by atoms with E-state index in [-0.39, 0.29) is 0 Å². The van der Waals surface area contributed by atoms with E-state index in [4.69, 9.17) is 9.47 Å². The second-order valence-corrected chi connectivity index (χ2v) is 7.13. The number of methoxy groups -OCH3 is 1. The van der Waals surface area contributed by atoms with Crippen LogP contribution in [0, 0.1) is 0 Å². The van der Waals surface area contributed by atoms with Gasteiger partial charge in [-0.1, -0.05) is 59.9 Å². The van der Waals surface area contributed by atoms with Crippen molar-refractivity contribution in [2.45, 2.75) is 13.2 Å². The van der Waals surface area contributed by atoms with E-state index in [0.717, 1.165) is 33.3 Å². The van der Waals surface area contributed by atoms with Crippen LogP contribution < -0.4 is 14.8 Å². The third-order valence-corrected chi connectivity index (χ3v) is 5.20. The van der Waals surface area contributed by atoms with Crippen LogP contribution in [0.1, 0.15) is 11.1 Å². The smallest absolute Gasteiger partial charge is 0.184 e. The lowest BCUT2D eigenvalue weighted by molar-refractivity contribution is 0.284. The molecule has 0 radical (unpaired) electrons. The summed E-state index contributed by atoms with van der Waals surface area (Å²) < 4.78 is 12.6. The normalized spacial score (nSPS) is 10.7. The van der Waals surface area contributed by atoms with E-state index in [1.54, 1.807) is 18.4 Å². The van der Waals surface area contributed by atoms with Gasteiger partial charge in [-0.3, -0.25) is 0 Å². The second kappa shape index (κ2) is 8.10. The summed E-state index contributed by atoms with van der Waals surface area (Å²) in [5.74, 6) is 1.47. The number of ether oxygens (including phenoxy) is 2. The molecule has 0 aliphatic rings. The minimum Gasteiger partial charge on any atom is -0.493 e. The van der Waals surface area contributed by atoms with Crippen LogP contribution in [0.15, 0.2) is 72.8 Å². The van der Waals surface area contributed by atoms with E-state index in [9.17, 15) is 0 Å². The minimum atomic E-state index is 0.514. The summed E-state index contributed by atoms with van der Waals surface area (Å²) in [4.78, 5) is 4.60. The number of fused-ring (bicyclic) bond motifs is 1. The zero-order chi connectivity index (χ0) is 18.5. The van der Waals surface area contributed by atoms with Crippen LogP contribution in [0.4, 0.5) is 5.13 Å². The van der Waals surface area contributed by atoms with Crippen molar-refractivity contribution >= 4 is 26.7 Å². The van der Waals surface area contributed by atoms with Gasteiger partial charge in [0.05, 0.1) is 17.3 Å². The maximum absolute atomic E-state index is 5.92. The highest BCUT2D eigenvalue weighted by Crippen LogP contribution is 2.30. The van der Waals surface area contributed by atoms with Gasteiger partial charge in [0.25, 0.3) is 0 Å². The molecular weight excluding hydrogens is 356 g/mol. The Bertz CT molecular complexity index is 998. The highest BCUT2D eigenvalue weighted by molar-refractivity contribution is 7.22. The third kappa shape index (κ3) is 4.20. The van der Waals surface area contributed by atoms with Gasteiger partial charge in [0.15, 0.2) is 16.6 Å². The van der Waals surface area contributed by atoms with E-state index in [2.05, 4.69) is 16.4 Å². The number of benzene rings is 3. The summed E-state index contributed by atoms with van der Waals surface area (Å²) in [6.45, 7) is 1.19. The highest BCUT2D eigenvalue weighted by atomic mass is 32.1. The van der Waals surface area contributed by atoms with Crippen LogP contribution in [0.3, 0.4) is 0 Å². The van der Waals surface area contributed by atoms with Gasteiger partial charge < -0.3 is 14.8 Å². The molecule has 136 valence electrons. The molecule has 0 saturated heterocycles. The predicted octanol–water partition coefficient (Wildman–Crippen LogP) is 5.50. The van der Waals surface area contributed by atoms with Gasteiger partial charge in [0.2, 0.25) is 0 Å². The molecule has 0 spiro atoms.